The topological polar surface area (TPSA) is 90.2 Å². The Morgan fingerprint density at radius 3 is 1.92 bits per heavy atom. The first-order chi connectivity index (χ1) is 4.63. The molecule has 1 rings (SSSR count). The summed E-state index contributed by atoms with van der Waals surface area (Å²) < 4.78 is 4.47. The van der Waals surface area contributed by atoms with Crippen LogP contribution in [0.1, 0.15) is 0 Å². The van der Waals surface area contributed by atoms with Gasteiger partial charge >= 0.3 is 68.9 Å². The summed E-state index contributed by atoms with van der Waals surface area (Å²) in [5, 5.41) is 35.3. The molecule has 0 amide bonds. The van der Waals surface area contributed by atoms with Crippen LogP contribution in [0.2, 0.25) is 0 Å². The van der Waals surface area contributed by atoms with Crippen molar-refractivity contribution in [2.24, 2.45) is 0 Å². The van der Waals surface area contributed by atoms with E-state index in [4.69, 9.17) is 20.4 Å². The Balaban J connectivity index is 0. The summed E-state index contributed by atoms with van der Waals surface area (Å²) >= 11 is 0. The number of aliphatic hydroxyl groups excluding tert-OH is 4. The zero-order chi connectivity index (χ0) is 7.72. The number of hydrogen-bond acceptors (Lipinski definition) is 5. The van der Waals surface area contributed by atoms with Crippen LogP contribution in [0.25, 0.3) is 0 Å². The maximum atomic E-state index is 8.88. The molecule has 0 saturated carbocycles. The maximum absolute atomic E-state index is 8.88. The largest absolute Gasteiger partial charge is 1.00 e. The summed E-state index contributed by atoms with van der Waals surface area (Å²) in [6, 6.07) is 0. The minimum Gasteiger partial charge on any atom is -1.00 e. The van der Waals surface area contributed by atoms with Gasteiger partial charge in [-0.15, -0.1) is 0 Å². The van der Waals surface area contributed by atoms with E-state index in [0.717, 1.165) is 0 Å². The fourth-order valence-corrected chi connectivity index (χ4v) is 0.791. The molecule has 1 aliphatic rings. The molecule has 12 heavy (non-hydrogen) atoms. The van der Waals surface area contributed by atoms with Gasteiger partial charge in [0.2, 0.25) is 0 Å². The van der Waals surface area contributed by atoms with E-state index < -0.39 is 24.6 Å². The predicted octanol–water partition coefficient (Wildman–Crippen LogP) is -8.57. The third-order valence-electron chi connectivity index (χ3n) is 1.47. The van der Waals surface area contributed by atoms with Crippen molar-refractivity contribution in [2.75, 3.05) is 6.61 Å². The molecule has 1 heterocycles. The molecule has 1 fully saturated rings. The average Bonchev–Trinajstić information content (AvgIpc) is 1.93. The van der Waals surface area contributed by atoms with E-state index in [9.17, 15) is 0 Å². The molecule has 4 N–H and O–H groups in total. The summed E-state index contributed by atoms with van der Waals surface area (Å²) in [6.45, 7) is -0.153. The first-order valence-corrected chi connectivity index (χ1v) is 2.97. The molecule has 0 aromatic carbocycles. The van der Waals surface area contributed by atoms with Crippen molar-refractivity contribution in [1.29, 1.82) is 0 Å². The van der Waals surface area contributed by atoms with Crippen molar-refractivity contribution in [3.63, 3.8) is 0 Å². The van der Waals surface area contributed by atoms with Crippen molar-refractivity contribution in [2.45, 2.75) is 24.6 Å². The van der Waals surface area contributed by atoms with Crippen molar-refractivity contribution in [3.05, 3.63) is 0 Å². The fourth-order valence-electron chi connectivity index (χ4n) is 0.791. The van der Waals surface area contributed by atoms with Gasteiger partial charge in [-0.1, -0.05) is 0 Å². The van der Waals surface area contributed by atoms with Gasteiger partial charge in [-0.2, -0.15) is 0 Å². The molecular weight excluding hydrogens is 308 g/mol. The molecule has 0 aromatic heterocycles. The van der Waals surface area contributed by atoms with E-state index in [2.05, 4.69) is 4.74 Å². The van der Waals surface area contributed by atoms with Crippen LogP contribution >= 0.6 is 0 Å². The number of rotatable bonds is 0. The Labute approximate surface area is 135 Å². The Kier molecular flexibility index (Phi) is 10.3. The second-order valence-corrected chi connectivity index (χ2v) is 2.27. The van der Waals surface area contributed by atoms with Crippen LogP contribution in [-0.4, -0.2) is 51.6 Å². The minimum atomic E-state index is -1.41. The van der Waals surface area contributed by atoms with E-state index in [-0.39, 0.29) is 87.9 Å². The van der Waals surface area contributed by atoms with Gasteiger partial charge in [-0.05, 0) is 0 Å². The molecule has 68 valence electrons. The normalized spacial score (nSPS) is 41.0. The van der Waals surface area contributed by atoms with E-state index in [1.54, 1.807) is 0 Å². The van der Waals surface area contributed by atoms with Gasteiger partial charge in [-0.3, -0.25) is 0 Å². The van der Waals surface area contributed by atoms with Crippen LogP contribution in [0.4, 0.5) is 0 Å². The summed E-state index contributed by atoms with van der Waals surface area (Å²) in [5.74, 6) is 0. The molecule has 0 aromatic rings. The second kappa shape index (κ2) is 7.44. The smallest absolute Gasteiger partial charge is 1.00 e. The molecule has 0 spiro atoms. The van der Waals surface area contributed by atoms with Crippen molar-refractivity contribution in [3.8, 4) is 0 Å². The van der Waals surface area contributed by atoms with Crippen LogP contribution in [0.5, 0.6) is 0 Å². The van der Waals surface area contributed by atoms with E-state index >= 15 is 0 Å². The van der Waals surface area contributed by atoms with Gasteiger partial charge in [0.15, 0.2) is 6.29 Å². The van der Waals surface area contributed by atoms with Crippen molar-refractivity contribution in [1.82, 2.24) is 0 Å². The summed E-state index contributed by atoms with van der Waals surface area (Å²) in [6.07, 6.45) is -5.23. The van der Waals surface area contributed by atoms with Gasteiger partial charge in [0.1, 0.15) is 18.3 Å². The Morgan fingerprint density at radius 2 is 1.50 bits per heavy atom. The van der Waals surface area contributed by atoms with E-state index in [1.807, 2.05) is 0 Å². The summed E-state index contributed by atoms with van der Waals surface area (Å²) in [5.41, 5.74) is 0. The van der Waals surface area contributed by atoms with Crippen LogP contribution in [0.15, 0.2) is 0 Å². The number of ether oxygens (including phenoxy) is 1. The Morgan fingerprint density at radius 1 is 1.00 bits per heavy atom. The molecule has 7 heteroatoms. The third kappa shape index (κ3) is 4.11. The molecule has 0 radical (unpaired) electrons. The van der Waals surface area contributed by atoms with Gasteiger partial charge in [0.25, 0.3) is 0 Å². The molecule has 0 unspecified atom stereocenters. The summed E-state index contributed by atoms with van der Waals surface area (Å²) in [4.78, 5) is 0. The third-order valence-corrected chi connectivity index (χ3v) is 1.47. The van der Waals surface area contributed by atoms with E-state index in [1.165, 1.54) is 0 Å². The monoisotopic (exact) mass is 318 g/mol. The van der Waals surface area contributed by atoms with Gasteiger partial charge in [-0.25, -0.2) is 0 Å². The molecule has 4 atom stereocenters. The van der Waals surface area contributed by atoms with Crippen molar-refractivity contribution < 1.29 is 106 Å². The van der Waals surface area contributed by atoms with Crippen LogP contribution in [0.3, 0.4) is 0 Å². The zero-order valence-corrected chi connectivity index (χ0v) is 13.6. The Hall–Kier alpha value is 2.14. The van der Waals surface area contributed by atoms with Crippen LogP contribution < -0.4 is 81.3 Å². The first kappa shape index (κ1) is 16.6. The zero-order valence-electron chi connectivity index (χ0n) is 6.59. The standard InChI is InChI=1S/C5H10O5.ClH.Cs/c6-2-1-10-5(9)4(8)3(2)7;;/h2-9H,1H2;1H;/q;;+1/p-1/t2-,3-,4-,5-;;/m1../s1. The summed E-state index contributed by atoms with van der Waals surface area (Å²) in [7, 11) is 0. The molecule has 0 aliphatic carbocycles. The fraction of sp³-hybridized carbons (Fsp3) is 1.00. The quantitative estimate of drug-likeness (QED) is 0.356. The van der Waals surface area contributed by atoms with Gasteiger partial charge in [0.05, 0.1) is 6.61 Å². The van der Waals surface area contributed by atoms with Crippen LogP contribution in [-0.2, 0) is 4.74 Å². The number of aliphatic hydroxyl groups is 4. The maximum Gasteiger partial charge on any atom is 1.00 e. The molecule has 5 nitrogen and oxygen atoms in total. The minimum absolute atomic E-state index is 0. The average molecular weight is 318 g/mol. The van der Waals surface area contributed by atoms with Crippen LogP contribution in [0, 0.1) is 0 Å². The molecular formula is C5H10ClCsO5. The SMILES string of the molecule is O[C@@H]1[C@H](O)[C@H](O)CO[C@H]1O.[Cl-].[Cs+]. The molecule has 1 saturated heterocycles. The molecule has 1 aliphatic heterocycles. The van der Waals surface area contributed by atoms with Gasteiger partial charge in [0, 0.05) is 0 Å². The predicted molar refractivity (Wildman–Crippen MR) is 30.0 cm³/mol. The first-order valence-electron chi connectivity index (χ1n) is 2.97. The second-order valence-electron chi connectivity index (χ2n) is 2.27. The van der Waals surface area contributed by atoms with Crippen molar-refractivity contribution >= 4 is 0 Å². The number of hydrogen-bond donors (Lipinski definition) is 4. The van der Waals surface area contributed by atoms with Gasteiger partial charge < -0.3 is 37.6 Å². The molecule has 0 bridgehead atoms. The van der Waals surface area contributed by atoms with E-state index in [0.29, 0.717) is 0 Å². The number of halogens is 1. The Bertz CT molecular complexity index is 112.